The summed E-state index contributed by atoms with van der Waals surface area (Å²) < 4.78 is 38.2. The Balaban J connectivity index is 1.98. The van der Waals surface area contributed by atoms with E-state index in [1.165, 1.54) is 0 Å². The lowest BCUT2D eigenvalue weighted by molar-refractivity contribution is -0.141. The maximum atomic E-state index is 12.4. The lowest BCUT2D eigenvalue weighted by Gasteiger charge is -2.15. The quantitative estimate of drug-likeness (QED) is 0.933. The molecule has 2 rings (SSSR count). The van der Waals surface area contributed by atoms with Gasteiger partial charge in [-0.25, -0.2) is 0 Å². The van der Waals surface area contributed by atoms with Gasteiger partial charge < -0.3 is 5.32 Å². The van der Waals surface area contributed by atoms with Crippen molar-refractivity contribution in [1.82, 2.24) is 15.1 Å². The molecular formula is C14H13ClF3N3O. The van der Waals surface area contributed by atoms with Crippen LogP contribution in [0.3, 0.4) is 0 Å². The predicted octanol–water partition coefficient (Wildman–Crippen LogP) is 3.43. The number of alkyl halides is 3. The van der Waals surface area contributed by atoms with E-state index >= 15 is 0 Å². The molecule has 0 radical (unpaired) electrons. The molecule has 1 heterocycles. The number of hydrogen-bond donors (Lipinski definition) is 1. The smallest absolute Gasteiger partial charge is 0.348 e. The third-order valence-corrected chi connectivity index (χ3v) is 3.33. The van der Waals surface area contributed by atoms with E-state index in [0.717, 1.165) is 22.5 Å². The summed E-state index contributed by atoms with van der Waals surface area (Å²) in [4.78, 5) is 11.9. The van der Waals surface area contributed by atoms with Crippen LogP contribution in [0.5, 0.6) is 0 Å². The minimum absolute atomic E-state index is 0.301. The molecule has 0 fully saturated rings. The monoisotopic (exact) mass is 331 g/mol. The van der Waals surface area contributed by atoms with Gasteiger partial charge in [0, 0.05) is 11.2 Å². The number of aromatic nitrogens is 2. The van der Waals surface area contributed by atoms with Crippen molar-refractivity contribution in [2.75, 3.05) is 0 Å². The Labute approximate surface area is 129 Å². The number of amides is 1. The Morgan fingerprint density at radius 2 is 2.05 bits per heavy atom. The number of nitrogens with one attached hydrogen (secondary N) is 1. The van der Waals surface area contributed by atoms with E-state index in [1.807, 2.05) is 0 Å². The molecule has 1 aromatic heterocycles. The Kier molecular flexibility index (Phi) is 4.75. The van der Waals surface area contributed by atoms with Gasteiger partial charge in [-0.05, 0) is 24.6 Å². The van der Waals surface area contributed by atoms with Crippen molar-refractivity contribution >= 4 is 17.5 Å². The summed E-state index contributed by atoms with van der Waals surface area (Å²) in [5, 5.41) is 6.50. The molecule has 0 aliphatic carbocycles. The van der Waals surface area contributed by atoms with Crippen LogP contribution >= 0.6 is 11.6 Å². The van der Waals surface area contributed by atoms with Crippen molar-refractivity contribution in [3.63, 3.8) is 0 Å². The van der Waals surface area contributed by atoms with E-state index in [1.54, 1.807) is 31.2 Å². The maximum absolute atomic E-state index is 12.4. The Hall–Kier alpha value is -2.02. The molecule has 1 amide bonds. The van der Waals surface area contributed by atoms with Gasteiger partial charge in [-0.1, -0.05) is 29.8 Å². The van der Waals surface area contributed by atoms with Crippen molar-refractivity contribution < 1.29 is 18.0 Å². The van der Waals surface area contributed by atoms with Crippen molar-refractivity contribution in [3.8, 4) is 0 Å². The van der Waals surface area contributed by atoms with E-state index in [-0.39, 0.29) is 12.6 Å². The lowest BCUT2D eigenvalue weighted by Crippen LogP contribution is -2.30. The van der Waals surface area contributed by atoms with Crippen molar-refractivity contribution in [3.05, 3.63) is 52.8 Å². The molecule has 1 atom stereocenters. The lowest BCUT2D eigenvalue weighted by atomic mass is 10.1. The standard InChI is InChI=1S/C14H13ClF3N3O/c1-9(10-4-2-3-5-11(10)15)19-13(22)8-21-7-6-12(20-21)14(16,17)18/h2-7,9H,8H2,1H3,(H,19,22). The van der Waals surface area contributed by atoms with Gasteiger partial charge in [0.05, 0.1) is 6.04 Å². The summed E-state index contributed by atoms with van der Waals surface area (Å²) in [6, 6.07) is 7.48. The Morgan fingerprint density at radius 3 is 2.64 bits per heavy atom. The molecule has 118 valence electrons. The molecule has 2 aromatic rings. The normalized spacial score (nSPS) is 13.0. The zero-order valence-electron chi connectivity index (χ0n) is 11.6. The fraction of sp³-hybridized carbons (Fsp3) is 0.286. The predicted molar refractivity (Wildman–Crippen MR) is 75.2 cm³/mol. The molecular weight excluding hydrogens is 319 g/mol. The highest BCUT2D eigenvalue weighted by Gasteiger charge is 2.33. The number of hydrogen-bond acceptors (Lipinski definition) is 2. The van der Waals surface area contributed by atoms with E-state index in [9.17, 15) is 18.0 Å². The fourth-order valence-electron chi connectivity index (χ4n) is 1.94. The second kappa shape index (κ2) is 6.39. The third-order valence-electron chi connectivity index (χ3n) is 2.99. The molecule has 1 N–H and O–H groups in total. The molecule has 8 heteroatoms. The van der Waals surface area contributed by atoms with Crippen molar-refractivity contribution in [1.29, 1.82) is 0 Å². The zero-order valence-corrected chi connectivity index (χ0v) is 12.3. The molecule has 0 aliphatic rings. The first-order valence-electron chi connectivity index (χ1n) is 6.42. The molecule has 0 saturated heterocycles. The average molecular weight is 332 g/mol. The molecule has 1 aromatic carbocycles. The maximum Gasteiger partial charge on any atom is 0.435 e. The highest BCUT2D eigenvalue weighted by atomic mass is 35.5. The molecule has 0 saturated carbocycles. The van der Waals surface area contributed by atoms with E-state index < -0.39 is 17.8 Å². The van der Waals surface area contributed by atoms with Crippen LogP contribution in [-0.2, 0) is 17.5 Å². The summed E-state index contributed by atoms with van der Waals surface area (Å²) in [6.07, 6.45) is -3.41. The summed E-state index contributed by atoms with van der Waals surface area (Å²) in [7, 11) is 0. The van der Waals surface area contributed by atoms with Gasteiger partial charge in [-0.3, -0.25) is 9.48 Å². The first kappa shape index (κ1) is 16.4. The van der Waals surface area contributed by atoms with Gasteiger partial charge in [-0.2, -0.15) is 18.3 Å². The second-order valence-corrected chi connectivity index (χ2v) is 5.11. The molecule has 1 unspecified atom stereocenters. The minimum Gasteiger partial charge on any atom is -0.348 e. The molecule has 0 spiro atoms. The number of halogens is 4. The molecule has 0 aliphatic heterocycles. The van der Waals surface area contributed by atoms with Crippen LogP contribution in [0.4, 0.5) is 13.2 Å². The Morgan fingerprint density at radius 1 is 1.36 bits per heavy atom. The van der Waals surface area contributed by atoms with Gasteiger partial charge in [0.1, 0.15) is 6.54 Å². The van der Waals surface area contributed by atoms with E-state index in [0.29, 0.717) is 5.02 Å². The molecule has 4 nitrogen and oxygen atoms in total. The number of carbonyl (C=O) groups excluding carboxylic acids is 1. The highest BCUT2D eigenvalue weighted by molar-refractivity contribution is 6.31. The van der Waals surface area contributed by atoms with Gasteiger partial charge >= 0.3 is 6.18 Å². The number of nitrogens with zero attached hydrogens (tertiary/aromatic N) is 2. The SMILES string of the molecule is CC(NC(=O)Cn1ccc(C(F)(F)F)n1)c1ccccc1Cl. The summed E-state index contributed by atoms with van der Waals surface area (Å²) in [6.45, 7) is 1.44. The van der Waals surface area contributed by atoms with Crippen LogP contribution in [0, 0.1) is 0 Å². The topological polar surface area (TPSA) is 46.9 Å². The van der Waals surface area contributed by atoms with Crippen molar-refractivity contribution in [2.45, 2.75) is 25.7 Å². The zero-order chi connectivity index (χ0) is 16.3. The summed E-state index contributed by atoms with van der Waals surface area (Å²) >= 11 is 6.02. The molecule has 0 bridgehead atoms. The van der Waals surface area contributed by atoms with Gasteiger partial charge in [0.2, 0.25) is 5.91 Å². The van der Waals surface area contributed by atoms with Crippen LogP contribution in [0.1, 0.15) is 24.2 Å². The van der Waals surface area contributed by atoms with Gasteiger partial charge in [0.25, 0.3) is 0 Å². The van der Waals surface area contributed by atoms with E-state index in [4.69, 9.17) is 11.6 Å². The molecule has 22 heavy (non-hydrogen) atoms. The Bertz CT molecular complexity index is 669. The van der Waals surface area contributed by atoms with Crippen LogP contribution in [0.2, 0.25) is 5.02 Å². The first-order chi connectivity index (χ1) is 10.3. The summed E-state index contributed by atoms with van der Waals surface area (Å²) in [5.41, 5.74) is -0.298. The third kappa shape index (κ3) is 4.00. The number of benzene rings is 1. The van der Waals surface area contributed by atoms with Crippen molar-refractivity contribution in [2.24, 2.45) is 0 Å². The first-order valence-corrected chi connectivity index (χ1v) is 6.79. The van der Waals surface area contributed by atoms with Crippen LogP contribution in [0.25, 0.3) is 0 Å². The minimum atomic E-state index is -4.52. The van der Waals surface area contributed by atoms with Gasteiger partial charge in [0.15, 0.2) is 5.69 Å². The van der Waals surface area contributed by atoms with Crippen LogP contribution < -0.4 is 5.32 Å². The number of rotatable bonds is 4. The average Bonchev–Trinajstić information content (AvgIpc) is 2.87. The van der Waals surface area contributed by atoms with Gasteiger partial charge in [-0.15, -0.1) is 0 Å². The van der Waals surface area contributed by atoms with E-state index in [2.05, 4.69) is 10.4 Å². The summed E-state index contributed by atoms with van der Waals surface area (Å²) in [5.74, 6) is -0.454. The largest absolute Gasteiger partial charge is 0.435 e. The van der Waals surface area contributed by atoms with Crippen LogP contribution in [-0.4, -0.2) is 15.7 Å². The highest BCUT2D eigenvalue weighted by Crippen LogP contribution is 2.27. The number of carbonyl (C=O) groups is 1. The van der Waals surface area contributed by atoms with Crippen LogP contribution in [0.15, 0.2) is 36.5 Å². The second-order valence-electron chi connectivity index (χ2n) is 4.71. The fourth-order valence-corrected chi connectivity index (χ4v) is 2.24.